The number of nitrogens with zero attached hydrogens (tertiary/aromatic N) is 5. The number of benzene rings is 1. The minimum atomic E-state index is 0.0786. The predicted molar refractivity (Wildman–Crippen MR) is 128 cm³/mol. The van der Waals surface area contributed by atoms with Gasteiger partial charge in [-0.25, -0.2) is 9.97 Å². The van der Waals surface area contributed by atoms with E-state index in [1.807, 2.05) is 48.4 Å². The highest BCUT2D eigenvalue weighted by Gasteiger charge is 2.25. The molecule has 0 radical (unpaired) electrons. The molecule has 0 spiro atoms. The van der Waals surface area contributed by atoms with Gasteiger partial charge in [0, 0.05) is 42.4 Å². The van der Waals surface area contributed by atoms with Crippen LogP contribution in [0.15, 0.2) is 51.5 Å². The van der Waals surface area contributed by atoms with Crippen LogP contribution in [0.1, 0.15) is 27.4 Å². The molecular formula is C23H23N5O2S2. The number of aryl methyl sites for hydroxylation is 2. The summed E-state index contributed by atoms with van der Waals surface area (Å²) >= 11 is 3.27. The van der Waals surface area contributed by atoms with E-state index in [-0.39, 0.29) is 5.91 Å². The highest BCUT2D eigenvalue weighted by molar-refractivity contribution is 7.98. The Morgan fingerprint density at radius 2 is 1.94 bits per heavy atom. The molecule has 1 aliphatic heterocycles. The van der Waals surface area contributed by atoms with Crippen LogP contribution < -0.4 is 4.90 Å². The molecule has 0 saturated carbocycles. The van der Waals surface area contributed by atoms with Crippen LogP contribution in [0, 0.1) is 13.8 Å². The summed E-state index contributed by atoms with van der Waals surface area (Å²) in [4.78, 5) is 28.4. The number of thioether (sulfide) groups is 1. The van der Waals surface area contributed by atoms with Gasteiger partial charge in [0.1, 0.15) is 22.7 Å². The summed E-state index contributed by atoms with van der Waals surface area (Å²) in [5.74, 6) is 2.59. The Labute approximate surface area is 194 Å². The van der Waals surface area contributed by atoms with Crippen LogP contribution in [-0.4, -0.2) is 52.1 Å². The molecule has 4 aromatic rings. The van der Waals surface area contributed by atoms with Gasteiger partial charge in [-0.2, -0.15) is 0 Å². The fourth-order valence-electron chi connectivity index (χ4n) is 3.95. The molecule has 0 N–H and O–H groups in total. The van der Waals surface area contributed by atoms with Gasteiger partial charge >= 0.3 is 0 Å². The molecule has 1 aromatic carbocycles. The van der Waals surface area contributed by atoms with Gasteiger partial charge in [0.25, 0.3) is 5.91 Å². The second kappa shape index (κ2) is 8.91. The van der Waals surface area contributed by atoms with Gasteiger partial charge in [-0.1, -0.05) is 17.3 Å². The van der Waals surface area contributed by atoms with Crippen LogP contribution in [0.4, 0.5) is 5.82 Å². The van der Waals surface area contributed by atoms with E-state index in [2.05, 4.69) is 26.1 Å². The summed E-state index contributed by atoms with van der Waals surface area (Å²) in [5.41, 5.74) is 2.75. The standard InChI is InChI=1S/C23H23N5O2S2/c1-15-19(16(2)30-26-15)13-32-20-6-4-3-5-17(20)23(29)28-10-8-27(9-11-28)21-18-7-12-31-22(18)25-14-24-21/h3-7,12,14H,8-11,13H2,1-2H3. The molecule has 1 saturated heterocycles. The fourth-order valence-corrected chi connectivity index (χ4v) is 5.87. The summed E-state index contributed by atoms with van der Waals surface area (Å²) in [6.07, 6.45) is 1.62. The Hall–Kier alpha value is -2.91. The molecule has 0 aliphatic carbocycles. The Morgan fingerprint density at radius 1 is 1.12 bits per heavy atom. The maximum atomic E-state index is 13.4. The number of aromatic nitrogens is 3. The molecule has 0 unspecified atom stereocenters. The first kappa shape index (κ1) is 21.0. The van der Waals surface area contributed by atoms with Gasteiger partial charge < -0.3 is 14.3 Å². The first-order valence-electron chi connectivity index (χ1n) is 10.5. The van der Waals surface area contributed by atoms with Crippen molar-refractivity contribution in [3.05, 3.63) is 64.6 Å². The number of hydrogen-bond donors (Lipinski definition) is 0. The molecule has 5 rings (SSSR count). The van der Waals surface area contributed by atoms with Crippen LogP contribution in [0.5, 0.6) is 0 Å². The molecule has 0 bridgehead atoms. The lowest BCUT2D eigenvalue weighted by Crippen LogP contribution is -2.49. The molecule has 0 atom stereocenters. The lowest BCUT2D eigenvalue weighted by molar-refractivity contribution is 0.0743. The number of fused-ring (bicyclic) bond motifs is 1. The number of rotatable bonds is 5. The first-order valence-corrected chi connectivity index (χ1v) is 12.3. The van der Waals surface area contributed by atoms with Gasteiger partial charge in [0.15, 0.2) is 0 Å². The van der Waals surface area contributed by atoms with Crippen molar-refractivity contribution in [2.45, 2.75) is 24.5 Å². The van der Waals surface area contributed by atoms with Crippen molar-refractivity contribution < 1.29 is 9.32 Å². The second-order valence-electron chi connectivity index (χ2n) is 7.70. The maximum Gasteiger partial charge on any atom is 0.255 e. The summed E-state index contributed by atoms with van der Waals surface area (Å²) in [6, 6.07) is 9.91. The molecule has 9 heteroatoms. The molecule has 1 amide bonds. The average Bonchev–Trinajstić information content (AvgIpc) is 3.44. The number of thiophene rings is 1. The Morgan fingerprint density at radius 3 is 2.72 bits per heavy atom. The SMILES string of the molecule is Cc1noc(C)c1CSc1ccccc1C(=O)N1CCN(c2ncnc3sccc23)CC1. The van der Waals surface area contributed by atoms with Crippen LogP contribution in [-0.2, 0) is 5.75 Å². The van der Waals surface area contributed by atoms with E-state index in [0.717, 1.165) is 62.4 Å². The van der Waals surface area contributed by atoms with Gasteiger partial charge in [0.2, 0.25) is 0 Å². The van der Waals surface area contributed by atoms with Gasteiger partial charge in [0.05, 0.1) is 16.6 Å². The number of amides is 1. The zero-order valence-corrected chi connectivity index (χ0v) is 19.6. The monoisotopic (exact) mass is 465 g/mol. The van der Waals surface area contributed by atoms with Crippen LogP contribution in [0.3, 0.4) is 0 Å². The highest BCUT2D eigenvalue weighted by atomic mass is 32.2. The molecular weight excluding hydrogens is 442 g/mol. The summed E-state index contributed by atoms with van der Waals surface area (Å²) in [5, 5.41) is 7.15. The van der Waals surface area contributed by atoms with E-state index in [4.69, 9.17) is 4.52 Å². The van der Waals surface area contributed by atoms with Crippen molar-refractivity contribution in [1.82, 2.24) is 20.0 Å². The first-order chi connectivity index (χ1) is 15.6. The zero-order chi connectivity index (χ0) is 22.1. The zero-order valence-electron chi connectivity index (χ0n) is 17.9. The van der Waals surface area contributed by atoms with Gasteiger partial charge in [-0.15, -0.1) is 23.1 Å². The summed E-state index contributed by atoms with van der Waals surface area (Å²) in [7, 11) is 0. The van der Waals surface area contributed by atoms with Crippen molar-refractivity contribution in [3.63, 3.8) is 0 Å². The number of hydrogen-bond acceptors (Lipinski definition) is 8. The topological polar surface area (TPSA) is 75.4 Å². The smallest absolute Gasteiger partial charge is 0.255 e. The third kappa shape index (κ3) is 3.98. The Bertz CT molecular complexity index is 1240. The molecule has 1 fully saturated rings. The van der Waals surface area contributed by atoms with Crippen molar-refractivity contribution in [3.8, 4) is 0 Å². The fraction of sp³-hybridized carbons (Fsp3) is 0.304. The quantitative estimate of drug-likeness (QED) is 0.400. The van der Waals surface area contributed by atoms with Crippen molar-refractivity contribution in [1.29, 1.82) is 0 Å². The van der Waals surface area contributed by atoms with E-state index in [1.165, 1.54) is 0 Å². The molecule has 164 valence electrons. The number of piperazine rings is 1. The lowest BCUT2D eigenvalue weighted by Gasteiger charge is -2.35. The minimum Gasteiger partial charge on any atom is -0.361 e. The van der Waals surface area contributed by atoms with Crippen molar-refractivity contribution >= 4 is 45.0 Å². The van der Waals surface area contributed by atoms with Crippen LogP contribution >= 0.6 is 23.1 Å². The molecule has 1 aliphatic rings. The predicted octanol–water partition coefficient (Wildman–Crippen LogP) is 4.55. The van der Waals surface area contributed by atoms with Crippen molar-refractivity contribution in [2.24, 2.45) is 0 Å². The van der Waals surface area contributed by atoms with Gasteiger partial charge in [-0.3, -0.25) is 4.79 Å². The molecule has 4 heterocycles. The third-order valence-corrected chi connectivity index (χ3v) is 7.70. The maximum absolute atomic E-state index is 13.4. The van der Waals surface area contributed by atoms with Crippen molar-refractivity contribution in [2.75, 3.05) is 31.1 Å². The number of anilines is 1. The second-order valence-corrected chi connectivity index (χ2v) is 9.62. The Balaban J connectivity index is 1.28. The van der Waals surface area contributed by atoms with E-state index < -0.39 is 0 Å². The highest BCUT2D eigenvalue weighted by Crippen LogP contribution is 2.31. The average molecular weight is 466 g/mol. The van der Waals surface area contributed by atoms with Crippen LogP contribution in [0.2, 0.25) is 0 Å². The molecule has 7 nitrogen and oxygen atoms in total. The summed E-state index contributed by atoms with van der Waals surface area (Å²) in [6.45, 7) is 6.71. The van der Waals surface area contributed by atoms with E-state index in [9.17, 15) is 4.79 Å². The Kier molecular flexibility index (Phi) is 5.84. The van der Waals surface area contributed by atoms with Crippen LogP contribution in [0.25, 0.3) is 10.2 Å². The van der Waals surface area contributed by atoms with Gasteiger partial charge in [-0.05, 0) is 37.4 Å². The van der Waals surface area contributed by atoms with E-state index in [1.54, 1.807) is 29.4 Å². The summed E-state index contributed by atoms with van der Waals surface area (Å²) < 4.78 is 5.27. The lowest BCUT2D eigenvalue weighted by atomic mass is 10.1. The largest absolute Gasteiger partial charge is 0.361 e. The third-order valence-electron chi connectivity index (χ3n) is 5.78. The number of carbonyl (C=O) groups is 1. The number of carbonyl (C=O) groups excluding carboxylic acids is 1. The minimum absolute atomic E-state index is 0.0786. The normalized spacial score (nSPS) is 14.3. The molecule has 32 heavy (non-hydrogen) atoms. The molecule has 3 aromatic heterocycles. The van der Waals surface area contributed by atoms with E-state index in [0.29, 0.717) is 13.1 Å². The van der Waals surface area contributed by atoms with E-state index >= 15 is 0 Å².